The molecule has 1 aliphatic rings. The summed E-state index contributed by atoms with van der Waals surface area (Å²) in [5, 5.41) is 14.4. The van der Waals surface area contributed by atoms with Crippen LogP contribution in [0.5, 0.6) is 0 Å². The maximum absolute atomic E-state index is 13.3. The van der Waals surface area contributed by atoms with Gasteiger partial charge in [-0.1, -0.05) is 17.3 Å². The number of hydrogen-bond acceptors (Lipinski definition) is 6. The van der Waals surface area contributed by atoms with Crippen LogP contribution in [0.25, 0.3) is 0 Å². The topological polar surface area (TPSA) is 103 Å². The van der Waals surface area contributed by atoms with E-state index < -0.39 is 17.8 Å². The molecule has 0 saturated carbocycles. The Bertz CT molecular complexity index is 933. The second-order valence-electron chi connectivity index (χ2n) is 6.39. The van der Waals surface area contributed by atoms with E-state index in [4.69, 9.17) is 9.93 Å². The van der Waals surface area contributed by atoms with Crippen molar-refractivity contribution >= 4 is 18.2 Å². The molecule has 0 spiro atoms. The molecule has 2 heterocycles. The van der Waals surface area contributed by atoms with E-state index in [1.165, 1.54) is 23.2 Å². The van der Waals surface area contributed by atoms with Gasteiger partial charge in [-0.05, 0) is 31.5 Å². The summed E-state index contributed by atoms with van der Waals surface area (Å²) in [6.45, 7) is 3.95. The third kappa shape index (κ3) is 3.93. The number of amides is 3. The summed E-state index contributed by atoms with van der Waals surface area (Å²) in [4.78, 5) is 27.2. The molecule has 0 unspecified atom stereocenters. The van der Waals surface area contributed by atoms with E-state index in [9.17, 15) is 14.0 Å². The standard InChI is InChI=1S/C19H20FN5O3/c1-12-17(13(2)28-23-12)9-22-8-16(7-21)25-18(26)11-24(19(25)27)10-14-4-3-5-15(20)6-14/h3-8,21-22H,9-11H2,1-2H3/b16-8+,21-7?. The average molecular weight is 385 g/mol. The summed E-state index contributed by atoms with van der Waals surface area (Å²) in [7, 11) is 0. The third-order valence-corrected chi connectivity index (χ3v) is 4.42. The number of carbonyl (C=O) groups excluding carboxylic acids is 2. The van der Waals surface area contributed by atoms with Gasteiger partial charge in [-0.25, -0.2) is 14.1 Å². The first kappa shape index (κ1) is 19.3. The molecule has 1 saturated heterocycles. The quantitative estimate of drug-likeness (QED) is 0.563. The first-order valence-corrected chi connectivity index (χ1v) is 8.62. The van der Waals surface area contributed by atoms with Crippen LogP contribution in [0.15, 0.2) is 40.7 Å². The van der Waals surface area contributed by atoms with Crippen LogP contribution in [-0.2, 0) is 17.9 Å². The molecule has 0 radical (unpaired) electrons. The van der Waals surface area contributed by atoms with Crippen molar-refractivity contribution in [2.24, 2.45) is 0 Å². The lowest BCUT2D eigenvalue weighted by atomic mass is 10.2. The number of hydrogen-bond donors (Lipinski definition) is 2. The molecule has 1 aromatic heterocycles. The zero-order valence-electron chi connectivity index (χ0n) is 15.5. The van der Waals surface area contributed by atoms with Crippen molar-refractivity contribution in [3.63, 3.8) is 0 Å². The van der Waals surface area contributed by atoms with Gasteiger partial charge in [0.1, 0.15) is 18.1 Å². The number of carbonyl (C=O) groups is 2. The molecule has 8 nitrogen and oxygen atoms in total. The van der Waals surface area contributed by atoms with Gasteiger partial charge in [0.25, 0.3) is 5.91 Å². The van der Waals surface area contributed by atoms with Crippen molar-refractivity contribution in [3.8, 4) is 0 Å². The molecule has 1 aliphatic heterocycles. The van der Waals surface area contributed by atoms with Crippen LogP contribution < -0.4 is 5.32 Å². The molecular formula is C19H20FN5O3. The third-order valence-electron chi connectivity index (χ3n) is 4.42. The Morgan fingerprint density at radius 1 is 1.39 bits per heavy atom. The van der Waals surface area contributed by atoms with Gasteiger partial charge in [-0.3, -0.25) is 4.79 Å². The van der Waals surface area contributed by atoms with Crippen molar-refractivity contribution in [1.29, 1.82) is 5.41 Å². The lowest BCUT2D eigenvalue weighted by Gasteiger charge is -2.17. The minimum Gasteiger partial charge on any atom is -0.385 e. The summed E-state index contributed by atoms with van der Waals surface area (Å²) in [6, 6.07) is 5.31. The Morgan fingerprint density at radius 3 is 2.82 bits per heavy atom. The molecule has 3 amide bonds. The van der Waals surface area contributed by atoms with Crippen molar-refractivity contribution in [1.82, 2.24) is 20.3 Å². The van der Waals surface area contributed by atoms with Gasteiger partial charge in [0, 0.05) is 31.1 Å². The number of nitrogens with zero attached hydrogens (tertiary/aromatic N) is 3. The lowest BCUT2D eigenvalue weighted by Crippen LogP contribution is -2.33. The first-order chi connectivity index (χ1) is 13.4. The van der Waals surface area contributed by atoms with E-state index >= 15 is 0 Å². The Hall–Kier alpha value is -3.49. The van der Waals surface area contributed by atoms with Crippen LogP contribution in [0.1, 0.15) is 22.6 Å². The van der Waals surface area contributed by atoms with Gasteiger partial charge in [0.15, 0.2) is 0 Å². The van der Waals surface area contributed by atoms with E-state index in [0.717, 1.165) is 22.4 Å². The molecule has 1 fully saturated rings. The SMILES string of the molecule is Cc1noc(C)c1CN/C=C(\C=N)N1C(=O)CN(Cc2cccc(F)c2)C1=O. The van der Waals surface area contributed by atoms with E-state index in [2.05, 4.69) is 10.5 Å². The van der Waals surface area contributed by atoms with Crippen LogP contribution in [-0.4, -0.2) is 39.7 Å². The normalized spacial score (nSPS) is 14.8. The van der Waals surface area contributed by atoms with Crippen LogP contribution in [0, 0.1) is 25.1 Å². The lowest BCUT2D eigenvalue weighted by molar-refractivity contribution is -0.123. The molecule has 2 aromatic rings. The largest absolute Gasteiger partial charge is 0.385 e. The number of allylic oxidation sites excluding steroid dienone is 1. The number of aryl methyl sites for hydroxylation is 2. The number of halogens is 1. The number of benzene rings is 1. The highest BCUT2D eigenvalue weighted by Gasteiger charge is 2.37. The van der Waals surface area contributed by atoms with Crippen LogP contribution >= 0.6 is 0 Å². The van der Waals surface area contributed by atoms with Gasteiger partial charge in [0.05, 0.1) is 11.4 Å². The van der Waals surface area contributed by atoms with Crippen molar-refractivity contribution in [2.75, 3.05) is 6.54 Å². The van der Waals surface area contributed by atoms with Gasteiger partial charge in [0.2, 0.25) is 0 Å². The van der Waals surface area contributed by atoms with Crippen molar-refractivity contribution in [3.05, 3.63) is 64.6 Å². The van der Waals surface area contributed by atoms with Crippen molar-refractivity contribution < 1.29 is 18.5 Å². The highest BCUT2D eigenvalue weighted by molar-refractivity contribution is 6.07. The fourth-order valence-electron chi connectivity index (χ4n) is 2.97. The number of urea groups is 1. The number of rotatable bonds is 7. The number of imide groups is 1. The fourth-order valence-corrected chi connectivity index (χ4v) is 2.97. The fraction of sp³-hybridized carbons (Fsp3) is 0.263. The molecule has 2 N–H and O–H groups in total. The second-order valence-corrected chi connectivity index (χ2v) is 6.39. The van der Waals surface area contributed by atoms with E-state index in [0.29, 0.717) is 17.9 Å². The van der Waals surface area contributed by atoms with Gasteiger partial charge >= 0.3 is 6.03 Å². The molecule has 0 bridgehead atoms. The van der Waals surface area contributed by atoms with Gasteiger partial charge in [-0.2, -0.15) is 0 Å². The summed E-state index contributed by atoms with van der Waals surface area (Å²) in [5.41, 5.74) is 2.31. The van der Waals surface area contributed by atoms with E-state index in [1.54, 1.807) is 19.1 Å². The molecule has 3 rings (SSSR count). The Kier molecular flexibility index (Phi) is 5.53. The maximum Gasteiger partial charge on any atom is 0.332 e. The molecular weight excluding hydrogens is 365 g/mol. The summed E-state index contributed by atoms with van der Waals surface area (Å²) < 4.78 is 18.4. The molecule has 0 aliphatic carbocycles. The monoisotopic (exact) mass is 385 g/mol. The highest BCUT2D eigenvalue weighted by Crippen LogP contribution is 2.19. The molecule has 146 valence electrons. The van der Waals surface area contributed by atoms with Crippen LogP contribution in [0.3, 0.4) is 0 Å². The Labute approximate surface area is 161 Å². The zero-order chi connectivity index (χ0) is 20.3. The Morgan fingerprint density at radius 2 is 2.18 bits per heavy atom. The minimum absolute atomic E-state index is 0.108. The predicted octanol–water partition coefficient (Wildman–Crippen LogP) is 2.48. The number of aromatic nitrogens is 1. The van der Waals surface area contributed by atoms with Crippen LogP contribution in [0.4, 0.5) is 9.18 Å². The Balaban J connectivity index is 1.70. The zero-order valence-corrected chi connectivity index (χ0v) is 15.5. The number of nitrogens with one attached hydrogen (secondary N) is 2. The van der Waals surface area contributed by atoms with Gasteiger partial charge < -0.3 is 20.1 Å². The summed E-state index contributed by atoms with van der Waals surface area (Å²) >= 11 is 0. The average Bonchev–Trinajstić information content (AvgIpc) is 3.12. The summed E-state index contributed by atoms with van der Waals surface area (Å²) in [5.74, 6) is -0.185. The molecule has 1 aromatic carbocycles. The predicted molar refractivity (Wildman–Crippen MR) is 98.7 cm³/mol. The van der Waals surface area contributed by atoms with Crippen molar-refractivity contribution in [2.45, 2.75) is 26.9 Å². The second kappa shape index (κ2) is 8.03. The summed E-state index contributed by atoms with van der Waals surface area (Å²) in [6.07, 6.45) is 2.36. The van der Waals surface area contributed by atoms with E-state index in [1.807, 2.05) is 6.92 Å². The maximum atomic E-state index is 13.3. The molecule has 0 atom stereocenters. The first-order valence-electron chi connectivity index (χ1n) is 8.62. The minimum atomic E-state index is -0.553. The van der Waals surface area contributed by atoms with E-state index in [-0.39, 0.29) is 18.8 Å². The van der Waals surface area contributed by atoms with Gasteiger partial charge in [-0.15, -0.1) is 0 Å². The smallest absolute Gasteiger partial charge is 0.332 e. The highest BCUT2D eigenvalue weighted by atomic mass is 19.1. The van der Waals surface area contributed by atoms with Crippen LogP contribution in [0.2, 0.25) is 0 Å². The molecule has 28 heavy (non-hydrogen) atoms. The molecule has 9 heteroatoms.